The Kier molecular flexibility index (Phi) is 7.67. The van der Waals surface area contributed by atoms with Crippen LogP contribution in [0.4, 0.5) is 0 Å². The molecule has 0 radical (unpaired) electrons. The number of rotatable bonds is 9. The predicted molar refractivity (Wildman–Crippen MR) is 131 cm³/mol. The van der Waals surface area contributed by atoms with Crippen molar-refractivity contribution in [2.45, 2.75) is 74.4 Å². The number of amides is 1. The van der Waals surface area contributed by atoms with Gasteiger partial charge in [-0.05, 0) is 64.6 Å². The van der Waals surface area contributed by atoms with Crippen LogP contribution in [-0.2, 0) is 10.3 Å². The number of β-amino-alcohol motifs (C(OH)–C–C–N with tert-alkyl or cyclic N) is 1. The fourth-order valence-corrected chi connectivity index (χ4v) is 6.34. The van der Waals surface area contributed by atoms with Crippen molar-refractivity contribution in [2.24, 2.45) is 0 Å². The number of carbonyl (C=O) groups excluding carboxylic acids is 1. The van der Waals surface area contributed by atoms with Gasteiger partial charge in [0.25, 0.3) is 0 Å². The normalized spacial score (nSPS) is 31.6. The summed E-state index contributed by atoms with van der Waals surface area (Å²) in [6, 6.07) is 10.7. The summed E-state index contributed by atoms with van der Waals surface area (Å²) in [5, 5.41) is 34.0. The van der Waals surface area contributed by atoms with Gasteiger partial charge in [-0.1, -0.05) is 30.3 Å². The predicted octanol–water partition coefficient (Wildman–Crippen LogP) is 1.06. The van der Waals surface area contributed by atoms with Crippen molar-refractivity contribution in [1.82, 2.24) is 20.0 Å². The van der Waals surface area contributed by atoms with Crippen LogP contribution in [0, 0.1) is 0 Å². The maximum atomic E-state index is 12.1. The number of nitrogens with one attached hydrogen (secondary N) is 1. The number of carbonyl (C=O) groups is 1. The SMILES string of the molecule is CN(C)[C@]1(c2ccccc2)CC[C@]2(CC1)CN(CCC(=O)NCCO)C(O)N2CC1(O)CCC1. The first-order valence-corrected chi connectivity index (χ1v) is 12.8. The van der Waals surface area contributed by atoms with Crippen molar-refractivity contribution in [3.05, 3.63) is 35.9 Å². The summed E-state index contributed by atoms with van der Waals surface area (Å²) >= 11 is 0. The molecule has 8 heteroatoms. The highest BCUT2D eigenvalue weighted by molar-refractivity contribution is 5.76. The lowest BCUT2D eigenvalue weighted by Gasteiger charge is -2.53. The van der Waals surface area contributed by atoms with E-state index in [0.717, 1.165) is 44.9 Å². The molecule has 2 saturated carbocycles. The van der Waals surface area contributed by atoms with Gasteiger partial charge in [0.15, 0.2) is 6.35 Å². The van der Waals surface area contributed by atoms with E-state index in [2.05, 4.69) is 59.5 Å². The van der Waals surface area contributed by atoms with E-state index in [9.17, 15) is 15.0 Å². The van der Waals surface area contributed by atoms with Crippen molar-refractivity contribution in [3.63, 3.8) is 0 Å². The van der Waals surface area contributed by atoms with Gasteiger partial charge >= 0.3 is 0 Å². The second-order valence-electron chi connectivity index (χ2n) is 10.9. The van der Waals surface area contributed by atoms with Gasteiger partial charge in [0.05, 0.1) is 12.2 Å². The van der Waals surface area contributed by atoms with E-state index < -0.39 is 12.0 Å². The minimum atomic E-state index is -0.807. The molecule has 1 unspecified atom stereocenters. The Morgan fingerprint density at radius 3 is 2.35 bits per heavy atom. The molecule has 4 N–H and O–H groups in total. The van der Waals surface area contributed by atoms with Crippen LogP contribution in [0.25, 0.3) is 0 Å². The van der Waals surface area contributed by atoms with Gasteiger partial charge in [-0.2, -0.15) is 0 Å². The largest absolute Gasteiger partial charge is 0.395 e. The van der Waals surface area contributed by atoms with Crippen LogP contribution in [0.15, 0.2) is 30.3 Å². The Morgan fingerprint density at radius 1 is 1.12 bits per heavy atom. The van der Waals surface area contributed by atoms with Crippen LogP contribution in [0.2, 0.25) is 0 Å². The van der Waals surface area contributed by atoms with Crippen molar-refractivity contribution < 1.29 is 20.1 Å². The molecule has 1 aliphatic heterocycles. The first kappa shape index (κ1) is 25.5. The number of benzene rings is 1. The molecule has 1 spiro atoms. The molecule has 190 valence electrons. The molecule has 3 aliphatic rings. The second kappa shape index (κ2) is 10.2. The Balaban J connectivity index is 1.52. The van der Waals surface area contributed by atoms with Gasteiger partial charge in [-0.15, -0.1) is 0 Å². The third kappa shape index (κ3) is 4.90. The second-order valence-corrected chi connectivity index (χ2v) is 10.9. The van der Waals surface area contributed by atoms with Crippen LogP contribution in [-0.4, -0.2) is 100 Å². The van der Waals surface area contributed by atoms with Gasteiger partial charge in [-0.3, -0.25) is 19.5 Å². The first-order valence-electron chi connectivity index (χ1n) is 12.8. The Morgan fingerprint density at radius 2 is 1.79 bits per heavy atom. The molecule has 1 atom stereocenters. The third-order valence-corrected chi connectivity index (χ3v) is 8.70. The highest BCUT2D eigenvalue weighted by atomic mass is 16.3. The molecule has 8 nitrogen and oxygen atoms in total. The lowest BCUT2D eigenvalue weighted by molar-refractivity contribution is -0.144. The minimum Gasteiger partial charge on any atom is -0.395 e. The van der Waals surface area contributed by atoms with Gasteiger partial charge in [-0.25, -0.2) is 0 Å². The van der Waals surface area contributed by atoms with Gasteiger partial charge in [0.2, 0.25) is 5.91 Å². The number of hydrogen-bond acceptors (Lipinski definition) is 7. The van der Waals surface area contributed by atoms with Gasteiger partial charge in [0, 0.05) is 43.7 Å². The van der Waals surface area contributed by atoms with E-state index in [1.54, 1.807) is 0 Å². The molecular weight excluding hydrogens is 432 g/mol. The number of nitrogens with zero attached hydrogens (tertiary/aromatic N) is 3. The number of aliphatic hydroxyl groups excluding tert-OH is 2. The van der Waals surface area contributed by atoms with Crippen LogP contribution in [0.3, 0.4) is 0 Å². The quantitative estimate of drug-likeness (QED) is 0.425. The summed E-state index contributed by atoms with van der Waals surface area (Å²) in [6.45, 7) is 1.78. The zero-order chi connectivity index (χ0) is 24.4. The fourth-order valence-electron chi connectivity index (χ4n) is 6.34. The summed E-state index contributed by atoms with van der Waals surface area (Å²) in [5.41, 5.74) is 0.335. The third-order valence-electron chi connectivity index (χ3n) is 8.70. The van der Waals surface area contributed by atoms with E-state index in [-0.39, 0.29) is 36.6 Å². The average molecular weight is 475 g/mol. The fraction of sp³-hybridized carbons (Fsp3) is 0.731. The van der Waals surface area contributed by atoms with Crippen LogP contribution < -0.4 is 5.32 Å². The Bertz CT molecular complexity index is 821. The van der Waals surface area contributed by atoms with Gasteiger partial charge < -0.3 is 20.6 Å². The number of aliphatic hydroxyl groups is 3. The van der Waals surface area contributed by atoms with Crippen molar-refractivity contribution in [2.75, 3.05) is 46.9 Å². The molecular formula is C26H42N4O4. The lowest BCUT2D eigenvalue weighted by Crippen LogP contribution is -2.60. The van der Waals surface area contributed by atoms with Crippen molar-refractivity contribution >= 4 is 5.91 Å². The summed E-state index contributed by atoms with van der Waals surface area (Å²) < 4.78 is 0. The topological polar surface area (TPSA) is 99.5 Å². The van der Waals surface area contributed by atoms with E-state index >= 15 is 0 Å². The average Bonchev–Trinajstić information content (AvgIpc) is 3.07. The highest BCUT2D eigenvalue weighted by Gasteiger charge is 2.56. The molecule has 2 aliphatic carbocycles. The van der Waals surface area contributed by atoms with Crippen molar-refractivity contribution in [3.8, 4) is 0 Å². The van der Waals surface area contributed by atoms with E-state index in [4.69, 9.17) is 5.11 Å². The lowest BCUT2D eigenvalue weighted by atomic mass is 9.67. The smallest absolute Gasteiger partial charge is 0.221 e. The van der Waals surface area contributed by atoms with Crippen LogP contribution >= 0.6 is 0 Å². The molecule has 0 aromatic heterocycles. The zero-order valence-electron chi connectivity index (χ0n) is 20.7. The molecule has 0 bridgehead atoms. The maximum absolute atomic E-state index is 12.1. The molecule has 4 rings (SSSR count). The monoisotopic (exact) mass is 474 g/mol. The minimum absolute atomic E-state index is 0.0475. The molecule has 1 heterocycles. The molecule has 1 aromatic rings. The molecule has 34 heavy (non-hydrogen) atoms. The van der Waals surface area contributed by atoms with E-state index in [1.165, 1.54) is 5.56 Å². The first-order chi connectivity index (χ1) is 16.2. The Labute approximate surface area is 203 Å². The summed E-state index contributed by atoms with van der Waals surface area (Å²) in [7, 11) is 4.31. The summed E-state index contributed by atoms with van der Waals surface area (Å²) in [5.74, 6) is -0.120. The highest BCUT2D eigenvalue weighted by Crippen LogP contribution is 2.50. The molecule has 3 fully saturated rings. The molecule has 1 saturated heterocycles. The molecule has 1 aromatic carbocycles. The summed E-state index contributed by atoms with van der Waals surface area (Å²) in [4.78, 5) is 18.6. The van der Waals surface area contributed by atoms with Crippen molar-refractivity contribution in [1.29, 1.82) is 0 Å². The van der Waals surface area contributed by atoms with Gasteiger partial charge in [0.1, 0.15) is 0 Å². The van der Waals surface area contributed by atoms with E-state index in [0.29, 0.717) is 19.6 Å². The van der Waals surface area contributed by atoms with Crippen LogP contribution in [0.1, 0.15) is 56.9 Å². The van der Waals surface area contributed by atoms with Crippen LogP contribution in [0.5, 0.6) is 0 Å². The Hall–Kier alpha value is -1.55. The maximum Gasteiger partial charge on any atom is 0.221 e. The standard InChI is InChI=1S/C26H42N4O4/c1-28(2)26(21-7-4-3-5-8-21)14-12-24(13-15-26)19-29(17-9-22(32)27-16-18-31)23(33)30(24)20-25(34)10-6-11-25/h3-5,7-8,23,31,33-34H,6,9-20H2,1-2H3,(H,27,32)/t23?,24-,26+. The van der Waals surface area contributed by atoms with E-state index in [1.807, 2.05) is 4.90 Å². The zero-order valence-corrected chi connectivity index (χ0v) is 20.7. The molecule has 1 amide bonds. The summed E-state index contributed by atoms with van der Waals surface area (Å²) in [6.07, 6.45) is 5.83. The number of hydrogen-bond donors (Lipinski definition) is 4.